The third kappa shape index (κ3) is 2.82. The van der Waals surface area contributed by atoms with Crippen molar-refractivity contribution in [1.29, 1.82) is 0 Å². The second-order valence-corrected chi connectivity index (χ2v) is 4.96. The van der Waals surface area contributed by atoms with E-state index in [2.05, 4.69) is 9.88 Å². The average molecular weight is 234 g/mol. The number of pyridine rings is 1. The molecule has 1 N–H and O–H groups in total. The summed E-state index contributed by atoms with van der Waals surface area (Å²) >= 11 is 0. The standard InChI is InChI=1S/C13H18N2O2/c1-13(12(16)17)6-9-15(10-13)8-5-11-4-2-3-7-14-11/h2-4,7H,5-6,8-10H2,1H3,(H,16,17). The first-order valence-corrected chi connectivity index (χ1v) is 5.96. The maximum Gasteiger partial charge on any atom is 0.310 e. The number of aromatic nitrogens is 1. The predicted octanol–water partition coefficient (Wildman–Crippen LogP) is 1.42. The van der Waals surface area contributed by atoms with Gasteiger partial charge in [-0.15, -0.1) is 0 Å². The van der Waals surface area contributed by atoms with Crippen LogP contribution in [0.15, 0.2) is 24.4 Å². The molecule has 4 nitrogen and oxygen atoms in total. The Kier molecular flexibility index (Phi) is 3.43. The van der Waals surface area contributed by atoms with Crippen LogP contribution in [0.25, 0.3) is 0 Å². The van der Waals surface area contributed by atoms with Gasteiger partial charge in [-0.05, 0) is 32.0 Å². The number of hydrogen-bond acceptors (Lipinski definition) is 3. The fourth-order valence-corrected chi connectivity index (χ4v) is 2.24. The molecule has 1 atom stereocenters. The number of carboxylic acid groups (broad SMARTS) is 1. The summed E-state index contributed by atoms with van der Waals surface area (Å²) in [5.41, 5.74) is 0.501. The summed E-state index contributed by atoms with van der Waals surface area (Å²) in [4.78, 5) is 17.6. The normalized spacial score (nSPS) is 25.0. The third-order valence-corrected chi connectivity index (χ3v) is 3.48. The minimum absolute atomic E-state index is 0.565. The van der Waals surface area contributed by atoms with Gasteiger partial charge in [0.05, 0.1) is 5.41 Å². The van der Waals surface area contributed by atoms with Crippen LogP contribution in [0, 0.1) is 5.41 Å². The van der Waals surface area contributed by atoms with E-state index in [1.165, 1.54) is 0 Å². The van der Waals surface area contributed by atoms with Gasteiger partial charge < -0.3 is 10.0 Å². The Hall–Kier alpha value is -1.42. The molecule has 0 saturated carbocycles. The first kappa shape index (κ1) is 12.0. The molecule has 0 amide bonds. The first-order chi connectivity index (χ1) is 8.10. The van der Waals surface area contributed by atoms with Gasteiger partial charge in [0.15, 0.2) is 0 Å². The van der Waals surface area contributed by atoms with Gasteiger partial charge in [-0.25, -0.2) is 0 Å². The molecule has 1 aliphatic heterocycles. The van der Waals surface area contributed by atoms with E-state index in [1.54, 1.807) is 6.20 Å². The number of rotatable bonds is 4. The van der Waals surface area contributed by atoms with Crippen molar-refractivity contribution in [3.63, 3.8) is 0 Å². The second kappa shape index (κ2) is 4.84. The van der Waals surface area contributed by atoms with Gasteiger partial charge in [-0.3, -0.25) is 9.78 Å². The Morgan fingerprint density at radius 2 is 2.41 bits per heavy atom. The molecule has 0 bridgehead atoms. The minimum atomic E-state index is -0.683. The zero-order chi connectivity index (χ0) is 12.3. The molecule has 0 spiro atoms. The van der Waals surface area contributed by atoms with Crippen LogP contribution in [0.1, 0.15) is 19.0 Å². The first-order valence-electron chi connectivity index (χ1n) is 5.96. The largest absolute Gasteiger partial charge is 0.481 e. The highest BCUT2D eigenvalue weighted by atomic mass is 16.4. The molecule has 2 heterocycles. The monoisotopic (exact) mass is 234 g/mol. The molecule has 1 aliphatic rings. The molecule has 0 aliphatic carbocycles. The van der Waals surface area contributed by atoms with Crippen LogP contribution in [0.3, 0.4) is 0 Å². The van der Waals surface area contributed by atoms with Gasteiger partial charge in [-0.2, -0.15) is 0 Å². The lowest BCUT2D eigenvalue weighted by Crippen LogP contribution is -2.32. The quantitative estimate of drug-likeness (QED) is 0.856. The number of carbonyl (C=O) groups is 1. The maximum absolute atomic E-state index is 11.1. The molecular formula is C13H18N2O2. The number of carboxylic acids is 1. The molecule has 1 saturated heterocycles. The topological polar surface area (TPSA) is 53.4 Å². The lowest BCUT2D eigenvalue weighted by Gasteiger charge is -2.19. The summed E-state index contributed by atoms with van der Waals surface area (Å²) in [6.45, 7) is 4.24. The van der Waals surface area contributed by atoms with Crippen LogP contribution in [0.4, 0.5) is 0 Å². The number of hydrogen-bond donors (Lipinski definition) is 1. The van der Waals surface area contributed by atoms with Crippen molar-refractivity contribution in [2.45, 2.75) is 19.8 Å². The summed E-state index contributed by atoms with van der Waals surface area (Å²) in [6, 6.07) is 5.89. The number of nitrogens with zero attached hydrogens (tertiary/aromatic N) is 2. The fourth-order valence-electron chi connectivity index (χ4n) is 2.24. The third-order valence-electron chi connectivity index (χ3n) is 3.48. The van der Waals surface area contributed by atoms with E-state index in [1.807, 2.05) is 25.1 Å². The van der Waals surface area contributed by atoms with Crippen LogP contribution in [0.2, 0.25) is 0 Å². The van der Waals surface area contributed by atoms with E-state index in [0.29, 0.717) is 6.54 Å². The zero-order valence-corrected chi connectivity index (χ0v) is 10.1. The van der Waals surface area contributed by atoms with Crippen LogP contribution in [0.5, 0.6) is 0 Å². The molecule has 4 heteroatoms. The van der Waals surface area contributed by atoms with E-state index in [0.717, 1.165) is 31.6 Å². The number of aliphatic carboxylic acids is 1. The minimum Gasteiger partial charge on any atom is -0.481 e. The van der Waals surface area contributed by atoms with E-state index >= 15 is 0 Å². The second-order valence-electron chi connectivity index (χ2n) is 4.96. The van der Waals surface area contributed by atoms with Crippen LogP contribution in [-0.4, -0.2) is 40.6 Å². The molecule has 17 heavy (non-hydrogen) atoms. The molecule has 1 aromatic rings. The molecule has 1 aromatic heterocycles. The van der Waals surface area contributed by atoms with Crippen molar-refractivity contribution in [2.75, 3.05) is 19.6 Å². The average Bonchev–Trinajstić information content (AvgIpc) is 2.72. The Morgan fingerprint density at radius 1 is 1.59 bits per heavy atom. The van der Waals surface area contributed by atoms with Crippen molar-refractivity contribution >= 4 is 5.97 Å². The van der Waals surface area contributed by atoms with Crippen molar-refractivity contribution in [1.82, 2.24) is 9.88 Å². The summed E-state index contributed by atoms with van der Waals surface area (Å²) in [7, 11) is 0. The van der Waals surface area contributed by atoms with Gasteiger partial charge in [-0.1, -0.05) is 6.07 Å². The lowest BCUT2D eigenvalue weighted by molar-refractivity contribution is -0.147. The Morgan fingerprint density at radius 3 is 3.00 bits per heavy atom. The van der Waals surface area contributed by atoms with E-state index in [4.69, 9.17) is 5.11 Å². The van der Waals surface area contributed by atoms with Crippen molar-refractivity contribution in [3.8, 4) is 0 Å². The van der Waals surface area contributed by atoms with Crippen LogP contribution < -0.4 is 0 Å². The van der Waals surface area contributed by atoms with Crippen molar-refractivity contribution < 1.29 is 9.90 Å². The molecule has 2 rings (SSSR count). The van der Waals surface area contributed by atoms with Gasteiger partial charge in [0.25, 0.3) is 0 Å². The zero-order valence-electron chi connectivity index (χ0n) is 10.1. The van der Waals surface area contributed by atoms with Gasteiger partial charge in [0.1, 0.15) is 0 Å². The highest BCUT2D eigenvalue weighted by Crippen LogP contribution is 2.29. The molecule has 1 unspecified atom stereocenters. The Balaban J connectivity index is 1.85. The van der Waals surface area contributed by atoms with Gasteiger partial charge >= 0.3 is 5.97 Å². The Bertz CT molecular complexity index is 394. The van der Waals surface area contributed by atoms with E-state index in [-0.39, 0.29) is 0 Å². The molecule has 1 fully saturated rings. The SMILES string of the molecule is CC1(C(=O)O)CCN(CCc2ccccn2)C1. The maximum atomic E-state index is 11.1. The van der Waals surface area contributed by atoms with Crippen LogP contribution in [-0.2, 0) is 11.2 Å². The molecule has 0 aromatic carbocycles. The summed E-state index contributed by atoms with van der Waals surface area (Å²) in [6.07, 6.45) is 3.42. The van der Waals surface area contributed by atoms with Gasteiger partial charge in [0, 0.05) is 31.4 Å². The Labute approximate surface area is 101 Å². The van der Waals surface area contributed by atoms with Crippen LogP contribution >= 0.6 is 0 Å². The van der Waals surface area contributed by atoms with Gasteiger partial charge in [0.2, 0.25) is 0 Å². The highest BCUT2D eigenvalue weighted by Gasteiger charge is 2.39. The number of likely N-dealkylation sites (tertiary alicyclic amines) is 1. The summed E-state index contributed by atoms with van der Waals surface area (Å²) in [5, 5.41) is 9.14. The van der Waals surface area contributed by atoms with E-state index < -0.39 is 11.4 Å². The fraction of sp³-hybridized carbons (Fsp3) is 0.538. The highest BCUT2D eigenvalue weighted by molar-refractivity contribution is 5.74. The molecule has 0 radical (unpaired) electrons. The van der Waals surface area contributed by atoms with Crippen molar-refractivity contribution in [3.05, 3.63) is 30.1 Å². The summed E-state index contributed by atoms with van der Waals surface area (Å²) in [5.74, 6) is -0.683. The lowest BCUT2D eigenvalue weighted by atomic mass is 9.90. The van der Waals surface area contributed by atoms with Crippen molar-refractivity contribution in [2.24, 2.45) is 5.41 Å². The molecule has 92 valence electrons. The summed E-state index contributed by atoms with van der Waals surface area (Å²) < 4.78 is 0. The predicted molar refractivity (Wildman–Crippen MR) is 64.7 cm³/mol. The van der Waals surface area contributed by atoms with E-state index in [9.17, 15) is 4.79 Å². The smallest absolute Gasteiger partial charge is 0.310 e. The molecular weight excluding hydrogens is 216 g/mol.